The van der Waals surface area contributed by atoms with E-state index in [2.05, 4.69) is 191 Å². The molecule has 10 aromatic rings. The number of furan rings is 1. The van der Waals surface area contributed by atoms with E-state index in [9.17, 15) is 0 Å². The maximum atomic E-state index is 6.65. The van der Waals surface area contributed by atoms with Crippen LogP contribution in [0.5, 0.6) is 0 Å². The molecular formula is C55H36N2O. The Kier molecular flexibility index (Phi) is 5.92. The van der Waals surface area contributed by atoms with Crippen LogP contribution in [0, 0.1) is 5.92 Å². The van der Waals surface area contributed by atoms with Gasteiger partial charge in [0, 0.05) is 49.9 Å². The van der Waals surface area contributed by atoms with Crippen LogP contribution in [0.2, 0.25) is 0 Å². The molecule has 7 aromatic carbocycles. The van der Waals surface area contributed by atoms with Crippen molar-refractivity contribution in [3.8, 4) is 16.8 Å². The highest BCUT2D eigenvalue weighted by molar-refractivity contribution is 6.24. The summed E-state index contributed by atoms with van der Waals surface area (Å²) in [5.41, 5.74) is 19.1. The lowest BCUT2D eigenvalue weighted by Gasteiger charge is -2.37. The van der Waals surface area contributed by atoms with Crippen LogP contribution in [0.4, 0.5) is 0 Å². The Labute approximate surface area is 335 Å². The first-order valence-electron chi connectivity index (χ1n) is 20.6. The van der Waals surface area contributed by atoms with E-state index in [4.69, 9.17) is 4.42 Å². The van der Waals surface area contributed by atoms with Gasteiger partial charge < -0.3 is 13.6 Å². The highest BCUT2D eigenvalue weighted by Gasteiger charge is 2.57. The largest absolute Gasteiger partial charge is 0.455 e. The molecule has 1 spiro atoms. The third kappa shape index (κ3) is 3.71. The average Bonchev–Trinajstić information content (AvgIpc) is 4.06. The summed E-state index contributed by atoms with van der Waals surface area (Å²) in [7, 11) is 0. The summed E-state index contributed by atoms with van der Waals surface area (Å²) in [6.45, 7) is 0. The number of aromatic nitrogens is 2. The van der Waals surface area contributed by atoms with Crippen molar-refractivity contribution < 1.29 is 4.42 Å². The van der Waals surface area contributed by atoms with Gasteiger partial charge >= 0.3 is 0 Å². The standard InChI is InChI=1S/C55H36N2O/c1-2-14-33(15-3-1)56-49-28-26-34(57-48-24-12-7-20-40(48)53-50(57)29-27-39-38-19-8-13-25-52(38)58-54(39)53)30-42(49)43-31-41-37-18-6-11-23-46(37)55(47(41)32-51(43)56)44-21-9-4-16-35(44)36-17-5-10-22-45(36)55/h1-14,16-31,33,47H,15,32H2/t33-,47+/m0/s1. The Morgan fingerprint density at radius 3 is 2.05 bits per heavy atom. The van der Waals surface area contributed by atoms with E-state index in [0.717, 1.165) is 51.4 Å². The summed E-state index contributed by atoms with van der Waals surface area (Å²) in [6, 6.07) is 56.9. The second-order valence-electron chi connectivity index (χ2n) is 16.6. The molecule has 3 heterocycles. The zero-order valence-corrected chi connectivity index (χ0v) is 31.7. The zero-order chi connectivity index (χ0) is 37.7. The van der Waals surface area contributed by atoms with Crippen molar-refractivity contribution in [2.75, 3.05) is 0 Å². The fourth-order valence-corrected chi connectivity index (χ4v) is 12.0. The van der Waals surface area contributed by atoms with Crippen LogP contribution in [0.25, 0.3) is 83.1 Å². The molecule has 3 aromatic heterocycles. The number of fused-ring (bicyclic) bond motifs is 20. The molecule has 0 unspecified atom stereocenters. The molecule has 4 aliphatic carbocycles. The molecule has 0 bridgehead atoms. The number of para-hydroxylation sites is 2. The Morgan fingerprint density at radius 2 is 1.26 bits per heavy atom. The van der Waals surface area contributed by atoms with Crippen LogP contribution >= 0.6 is 0 Å². The molecule has 14 rings (SSSR count). The van der Waals surface area contributed by atoms with Crippen LogP contribution in [0.1, 0.15) is 46.0 Å². The van der Waals surface area contributed by atoms with Gasteiger partial charge in [-0.1, -0.05) is 133 Å². The lowest BCUT2D eigenvalue weighted by molar-refractivity contribution is 0.467. The van der Waals surface area contributed by atoms with E-state index in [0.29, 0.717) is 0 Å². The number of hydrogen-bond donors (Lipinski definition) is 0. The topological polar surface area (TPSA) is 23.0 Å². The molecule has 0 aliphatic heterocycles. The van der Waals surface area contributed by atoms with Crippen molar-refractivity contribution in [1.82, 2.24) is 9.13 Å². The predicted octanol–water partition coefficient (Wildman–Crippen LogP) is 13.7. The minimum absolute atomic E-state index is 0.245. The second kappa shape index (κ2) is 11.1. The first-order valence-corrected chi connectivity index (χ1v) is 20.6. The number of rotatable bonds is 2. The average molecular weight is 741 g/mol. The van der Waals surface area contributed by atoms with Crippen molar-refractivity contribution in [3.63, 3.8) is 0 Å². The summed E-state index contributed by atoms with van der Waals surface area (Å²) < 4.78 is 11.8. The van der Waals surface area contributed by atoms with Gasteiger partial charge in [0.25, 0.3) is 0 Å². The second-order valence-corrected chi connectivity index (χ2v) is 16.6. The van der Waals surface area contributed by atoms with Gasteiger partial charge in [-0.05, 0) is 100 Å². The molecule has 0 saturated heterocycles. The fourth-order valence-electron chi connectivity index (χ4n) is 12.0. The fraction of sp³-hybridized carbons (Fsp3) is 0.0909. The molecule has 3 heteroatoms. The van der Waals surface area contributed by atoms with Gasteiger partial charge in [0.1, 0.15) is 11.2 Å². The third-order valence-electron chi connectivity index (χ3n) is 14.1. The monoisotopic (exact) mass is 740 g/mol. The first kappa shape index (κ1) is 31.0. The molecule has 4 aliphatic rings. The molecule has 0 fully saturated rings. The quantitative estimate of drug-likeness (QED) is 0.173. The van der Waals surface area contributed by atoms with Crippen LogP contribution in [0.3, 0.4) is 0 Å². The van der Waals surface area contributed by atoms with Crippen LogP contribution < -0.4 is 0 Å². The number of hydrogen-bond acceptors (Lipinski definition) is 1. The van der Waals surface area contributed by atoms with E-state index in [-0.39, 0.29) is 17.4 Å². The lowest BCUT2D eigenvalue weighted by Crippen LogP contribution is -2.35. The Bertz CT molecular complexity index is 3500. The van der Waals surface area contributed by atoms with Gasteiger partial charge in [-0.25, -0.2) is 0 Å². The molecule has 272 valence electrons. The van der Waals surface area contributed by atoms with Crippen molar-refractivity contribution in [1.29, 1.82) is 0 Å². The van der Waals surface area contributed by atoms with E-state index in [1.807, 2.05) is 0 Å². The number of nitrogens with zero attached hydrogens (tertiary/aromatic N) is 2. The van der Waals surface area contributed by atoms with E-state index in [1.165, 1.54) is 72.0 Å². The Morgan fingerprint density at radius 1 is 0.569 bits per heavy atom. The summed E-state index contributed by atoms with van der Waals surface area (Å²) in [5, 5.41) is 5.99. The molecule has 0 saturated carbocycles. The Hall–Kier alpha value is -7.10. The van der Waals surface area contributed by atoms with Crippen molar-refractivity contribution in [2.24, 2.45) is 5.92 Å². The SMILES string of the molecule is C1=CC[C@@H](n2c3c(c4cc(-n5c6ccccc6c6c7oc8ccccc8c7ccc65)ccc42)C=C2c4ccccc4C4(c5ccccc5-c5ccccc54)[C@@H]2C3)C=C1. The number of allylic oxidation sites excluding steroid dienone is 5. The van der Waals surface area contributed by atoms with Gasteiger partial charge in [-0.2, -0.15) is 0 Å². The normalized spacial score (nSPS) is 18.3. The van der Waals surface area contributed by atoms with Crippen molar-refractivity contribution in [2.45, 2.75) is 24.3 Å². The maximum absolute atomic E-state index is 6.65. The van der Waals surface area contributed by atoms with Crippen LogP contribution in [-0.2, 0) is 11.8 Å². The zero-order valence-electron chi connectivity index (χ0n) is 31.7. The number of benzene rings is 7. The van der Waals surface area contributed by atoms with Crippen molar-refractivity contribution in [3.05, 3.63) is 209 Å². The van der Waals surface area contributed by atoms with Gasteiger partial charge in [0.05, 0.1) is 27.9 Å². The smallest absolute Gasteiger partial charge is 0.145 e. The minimum Gasteiger partial charge on any atom is -0.455 e. The predicted molar refractivity (Wildman–Crippen MR) is 239 cm³/mol. The van der Waals surface area contributed by atoms with Gasteiger partial charge in [0.15, 0.2) is 0 Å². The summed E-state index contributed by atoms with van der Waals surface area (Å²) in [4.78, 5) is 0. The molecular weight excluding hydrogens is 705 g/mol. The van der Waals surface area contributed by atoms with Gasteiger partial charge in [-0.15, -0.1) is 0 Å². The van der Waals surface area contributed by atoms with E-state index in [1.54, 1.807) is 0 Å². The maximum Gasteiger partial charge on any atom is 0.145 e. The van der Waals surface area contributed by atoms with Crippen LogP contribution in [0.15, 0.2) is 180 Å². The molecule has 0 amide bonds. The van der Waals surface area contributed by atoms with E-state index < -0.39 is 0 Å². The first-order chi connectivity index (χ1) is 28.8. The molecule has 58 heavy (non-hydrogen) atoms. The van der Waals surface area contributed by atoms with Gasteiger partial charge in [0.2, 0.25) is 0 Å². The highest BCUT2D eigenvalue weighted by atomic mass is 16.3. The summed E-state index contributed by atoms with van der Waals surface area (Å²) in [6.07, 6.45) is 13.7. The van der Waals surface area contributed by atoms with E-state index >= 15 is 0 Å². The molecule has 0 N–H and O–H groups in total. The molecule has 2 atom stereocenters. The van der Waals surface area contributed by atoms with Gasteiger partial charge in [-0.3, -0.25) is 0 Å². The lowest BCUT2D eigenvalue weighted by atomic mass is 9.64. The Balaban J connectivity index is 1.05. The van der Waals surface area contributed by atoms with Crippen LogP contribution in [-0.4, -0.2) is 9.13 Å². The summed E-state index contributed by atoms with van der Waals surface area (Å²) >= 11 is 0. The molecule has 3 nitrogen and oxygen atoms in total. The minimum atomic E-state index is -0.257. The summed E-state index contributed by atoms with van der Waals surface area (Å²) in [5.74, 6) is 0.261. The highest BCUT2D eigenvalue weighted by Crippen LogP contribution is 2.66. The van der Waals surface area contributed by atoms with Crippen molar-refractivity contribution >= 4 is 66.3 Å². The molecule has 0 radical (unpaired) electrons. The third-order valence-corrected chi connectivity index (χ3v) is 14.1.